The topological polar surface area (TPSA) is 160 Å². The highest BCUT2D eigenvalue weighted by Gasteiger charge is 2.54. The third-order valence-corrected chi connectivity index (χ3v) is 6.79. The van der Waals surface area contributed by atoms with Gasteiger partial charge >= 0.3 is 5.97 Å². The van der Waals surface area contributed by atoms with Gasteiger partial charge in [-0.1, -0.05) is 23.4 Å². The summed E-state index contributed by atoms with van der Waals surface area (Å²) in [5.41, 5.74) is 6.89. The highest BCUT2D eigenvalue weighted by Crippen LogP contribution is 2.40. The van der Waals surface area contributed by atoms with E-state index in [1.54, 1.807) is 36.0 Å². The number of carboxylic acids is 1. The van der Waals surface area contributed by atoms with Crippen molar-refractivity contribution in [3.05, 3.63) is 58.5 Å². The molecule has 2 amide bonds. The van der Waals surface area contributed by atoms with Crippen molar-refractivity contribution >= 4 is 57.8 Å². The minimum Gasteiger partial charge on any atom is -0.477 e. The molecule has 13 heteroatoms. The van der Waals surface area contributed by atoms with E-state index in [9.17, 15) is 19.5 Å². The van der Waals surface area contributed by atoms with Crippen molar-refractivity contribution in [2.24, 2.45) is 5.16 Å². The second-order valence-corrected chi connectivity index (χ2v) is 8.85. The summed E-state index contributed by atoms with van der Waals surface area (Å²) >= 11 is 2.48. The molecule has 2 aliphatic heterocycles. The van der Waals surface area contributed by atoms with Gasteiger partial charge < -0.3 is 21.0 Å². The largest absolute Gasteiger partial charge is 0.477 e. The molecule has 4 heterocycles. The van der Waals surface area contributed by atoms with Gasteiger partial charge in [0.05, 0.1) is 0 Å². The maximum absolute atomic E-state index is 12.8. The first-order valence-corrected chi connectivity index (χ1v) is 11.5. The van der Waals surface area contributed by atoms with Gasteiger partial charge in [-0.2, -0.15) is 0 Å². The van der Waals surface area contributed by atoms with Crippen LogP contribution in [0.3, 0.4) is 0 Å². The van der Waals surface area contributed by atoms with Gasteiger partial charge in [0.25, 0.3) is 11.8 Å². The monoisotopic (exact) mass is 486 g/mol. The van der Waals surface area contributed by atoms with E-state index in [1.165, 1.54) is 23.8 Å². The zero-order valence-corrected chi connectivity index (χ0v) is 18.8. The number of amides is 2. The Morgan fingerprint density at radius 2 is 2.24 bits per heavy atom. The zero-order valence-electron chi connectivity index (χ0n) is 17.2. The fourth-order valence-corrected chi connectivity index (χ4v) is 5.21. The Morgan fingerprint density at radius 1 is 1.42 bits per heavy atom. The molecule has 0 bridgehead atoms. The molecule has 2 aromatic heterocycles. The average Bonchev–Trinajstić information content (AvgIpc) is 3.25. The minimum atomic E-state index is -1.22. The van der Waals surface area contributed by atoms with Crippen LogP contribution in [0.25, 0.3) is 6.08 Å². The molecule has 2 aromatic rings. The molecule has 2 atom stereocenters. The van der Waals surface area contributed by atoms with Crippen LogP contribution in [0.5, 0.6) is 0 Å². The van der Waals surface area contributed by atoms with E-state index in [0.29, 0.717) is 11.3 Å². The van der Waals surface area contributed by atoms with Crippen LogP contribution in [0.15, 0.2) is 52.4 Å². The minimum absolute atomic E-state index is 0.104. The van der Waals surface area contributed by atoms with Crippen LogP contribution in [-0.2, 0) is 19.2 Å². The first-order valence-electron chi connectivity index (χ1n) is 9.53. The van der Waals surface area contributed by atoms with Crippen LogP contribution in [-0.4, -0.2) is 67.7 Å². The molecule has 0 unspecified atom stereocenters. The van der Waals surface area contributed by atoms with E-state index in [1.807, 2.05) is 6.07 Å². The molecule has 0 radical (unpaired) electrons. The Hall–Kier alpha value is -3.71. The lowest BCUT2D eigenvalue weighted by Crippen LogP contribution is -2.71. The molecule has 1 fully saturated rings. The number of aliphatic carboxylic acids is 1. The van der Waals surface area contributed by atoms with Crippen LogP contribution in [0.2, 0.25) is 0 Å². The fourth-order valence-electron chi connectivity index (χ4n) is 3.34. The lowest BCUT2D eigenvalue weighted by Gasteiger charge is -2.49. The van der Waals surface area contributed by atoms with Gasteiger partial charge in [0, 0.05) is 23.5 Å². The summed E-state index contributed by atoms with van der Waals surface area (Å²) in [5.74, 6) is -2.08. The first kappa shape index (κ1) is 22.5. The number of nitrogen functional groups attached to an aromatic ring is 1. The molecular weight excluding hydrogens is 468 g/mol. The van der Waals surface area contributed by atoms with E-state index in [0.717, 1.165) is 16.9 Å². The summed E-state index contributed by atoms with van der Waals surface area (Å²) in [7, 11) is 1.28. The highest BCUT2D eigenvalue weighted by molar-refractivity contribution is 8.00. The van der Waals surface area contributed by atoms with Gasteiger partial charge in [-0.05, 0) is 17.2 Å². The summed E-state index contributed by atoms with van der Waals surface area (Å²) in [6, 6.07) is 2.68. The number of hydrogen-bond acceptors (Lipinski definition) is 10. The van der Waals surface area contributed by atoms with E-state index in [-0.39, 0.29) is 22.2 Å². The van der Waals surface area contributed by atoms with E-state index >= 15 is 0 Å². The van der Waals surface area contributed by atoms with Crippen molar-refractivity contribution in [3.8, 4) is 0 Å². The first-order chi connectivity index (χ1) is 15.9. The third-order valence-electron chi connectivity index (χ3n) is 4.81. The maximum Gasteiger partial charge on any atom is 0.352 e. The number of carbonyl (C=O) groups is 3. The molecule has 0 saturated carbocycles. The van der Waals surface area contributed by atoms with Crippen LogP contribution in [0.4, 0.5) is 5.13 Å². The number of nitrogens with zero attached hydrogens (tertiary/aromatic N) is 4. The Labute approximate surface area is 196 Å². The number of anilines is 1. The SMILES string of the molecule is CON=C(C(=O)N[C@@H]1C(=O)N2C(C(=O)O)=C(/C=C/c3cccnc3)CS[C@H]12)c1csc(N)n1. The Morgan fingerprint density at radius 3 is 2.88 bits per heavy atom. The highest BCUT2D eigenvalue weighted by atomic mass is 32.2. The van der Waals surface area contributed by atoms with Crippen molar-refractivity contribution < 1.29 is 24.3 Å². The smallest absolute Gasteiger partial charge is 0.352 e. The van der Waals surface area contributed by atoms with Gasteiger partial charge in [0.2, 0.25) is 0 Å². The van der Waals surface area contributed by atoms with Crippen LogP contribution >= 0.6 is 23.1 Å². The van der Waals surface area contributed by atoms with E-state index in [4.69, 9.17) is 10.6 Å². The summed E-state index contributed by atoms with van der Waals surface area (Å²) in [6.07, 6.45) is 6.69. The predicted molar refractivity (Wildman–Crippen MR) is 123 cm³/mol. The number of rotatable bonds is 7. The molecule has 170 valence electrons. The number of aromatic nitrogens is 2. The van der Waals surface area contributed by atoms with Crippen molar-refractivity contribution in [2.75, 3.05) is 18.6 Å². The number of nitrogens with two attached hydrogens (primary N) is 1. The summed E-state index contributed by atoms with van der Waals surface area (Å²) in [6.45, 7) is 0. The maximum atomic E-state index is 12.8. The molecular formula is C20H18N6O5S2. The molecule has 4 N–H and O–H groups in total. The van der Waals surface area contributed by atoms with Crippen molar-refractivity contribution in [1.82, 2.24) is 20.2 Å². The number of nitrogens with one attached hydrogen (secondary N) is 1. The van der Waals surface area contributed by atoms with Gasteiger partial charge in [0.15, 0.2) is 10.8 Å². The Balaban J connectivity index is 1.53. The fraction of sp³-hybridized carbons (Fsp3) is 0.200. The number of β-lactam (4-membered cyclic amide) rings is 1. The molecule has 0 aliphatic carbocycles. The Bertz CT molecular complexity index is 1190. The number of fused-ring (bicyclic) bond motifs is 1. The van der Waals surface area contributed by atoms with E-state index in [2.05, 4.69) is 20.4 Å². The second kappa shape index (κ2) is 9.42. The van der Waals surface area contributed by atoms with Gasteiger partial charge in [-0.15, -0.1) is 23.1 Å². The van der Waals surface area contributed by atoms with Crippen LogP contribution < -0.4 is 11.1 Å². The lowest BCUT2D eigenvalue weighted by atomic mass is 10.0. The van der Waals surface area contributed by atoms with Gasteiger partial charge in [-0.3, -0.25) is 19.5 Å². The molecule has 33 heavy (non-hydrogen) atoms. The van der Waals surface area contributed by atoms with Crippen molar-refractivity contribution in [2.45, 2.75) is 11.4 Å². The summed E-state index contributed by atoms with van der Waals surface area (Å²) < 4.78 is 0. The number of pyridine rings is 1. The van der Waals surface area contributed by atoms with E-state index < -0.39 is 29.2 Å². The summed E-state index contributed by atoms with van der Waals surface area (Å²) in [4.78, 5) is 51.6. The number of hydrogen-bond donors (Lipinski definition) is 3. The second-order valence-electron chi connectivity index (χ2n) is 6.85. The molecule has 11 nitrogen and oxygen atoms in total. The number of carbonyl (C=O) groups excluding carboxylic acids is 2. The summed E-state index contributed by atoms with van der Waals surface area (Å²) in [5, 5.41) is 17.3. The number of carboxylic acid groups (broad SMARTS) is 1. The van der Waals surface area contributed by atoms with Gasteiger partial charge in [-0.25, -0.2) is 9.78 Å². The van der Waals surface area contributed by atoms with Crippen LogP contribution in [0, 0.1) is 0 Å². The lowest BCUT2D eigenvalue weighted by molar-refractivity contribution is -0.150. The number of oxime groups is 1. The quantitative estimate of drug-likeness (QED) is 0.294. The van der Waals surface area contributed by atoms with Gasteiger partial charge in [0.1, 0.15) is 29.9 Å². The predicted octanol–water partition coefficient (Wildman–Crippen LogP) is 0.923. The standard InChI is InChI=1S/C20H18N6O5S2/c1-31-25-13(12-9-33-20(21)23-12)16(27)24-14-17(28)26-15(19(29)30)11(8-32-18(14)26)5-4-10-3-2-6-22-7-10/h2-7,9,14,18H,8H2,1H3,(H2,21,23)(H,24,27)(H,29,30)/b5-4+,25-13?/t14-,18-/m1/s1. The molecule has 1 saturated heterocycles. The molecule has 0 aromatic carbocycles. The van der Waals surface area contributed by atoms with Crippen molar-refractivity contribution in [3.63, 3.8) is 0 Å². The number of allylic oxidation sites excluding steroid dienone is 1. The molecule has 2 aliphatic rings. The number of thiazole rings is 1. The Kier molecular flexibility index (Phi) is 6.42. The van der Waals surface area contributed by atoms with Crippen molar-refractivity contribution in [1.29, 1.82) is 0 Å². The average molecular weight is 487 g/mol. The zero-order chi connectivity index (χ0) is 23.5. The molecule has 0 spiro atoms. The molecule has 4 rings (SSSR count). The normalized spacial score (nSPS) is 20.5. The van der Waals surface area contributed by atoms with Crippen LogP contribution in [0.1, 0.15) is 11.3 Å². The number of thioether (sulfide) groups is 1. The third kappa shape index (κ3) is 4.45.